The molecule has 26 heavy (non-hydrogen) atoms. The van der Waals surface area contributed by atoms with E-state index in [0.717, 1.165) is 34.7 Å². The fourth-order valence-electron chi connectivity index (χ4n) is 2.45. The van der Waals surface area contributed by atoms with Gasteiger partial charge in [0.05, 0.1) is 12.2 Å². The summed E-state index contributed by atoms with van der Waals surface area (Å²) in [7, 11) is 0. The first-order chi connectivity index (χ1) is 12.6. The zero-order valence-corrected chi connectivity index (χ0v) is 15.6. The zero-order chi connectivity index (χ0) is 18.4. The van der Waals surface area contributed by atoms with Gasteiger partial charge in [0.2, 0.25) is 5.91 Å². The van der Waals surface area contributed by atoms with E-state index in [-0.39, 0.29) is 23.7 Å². The smallest absolute Gasteiger partial charge is 0.321 e. The van der Waals surface area contributed by atoms with E-state index in [1.807, 2.05) is 5.38 Å². The number of anilines is 1. The van der Waals surface area contributed by atoms with Crippen LogP contribution in [-0.4, -0.2) is 36.2 Å². The predicted octanol–water partition coefficient (Wildman–Crippen LogP) is 2.50. The lowest BCUT2D eigenvalue weighted by Gasteiger charge is -2.09. The second-order valence-electron chi connectivity index (χ2n) is 5.70. The number of thiazole rings is 1. The number of nitrogens with one attached hydrogen (secondary N) is 3. The highest BCUT2D eigenvalue weighted by Gasteiger charge is 2.22. The zero-order valence-electron chi connectivity index (χ0n) is 13.9. The highest BCUT2D eigenvalue weighted by molar-refractivity contribution is 7.14. The van der Waals surface area contributed by atoms with Crippen molar-refractivity contribution in [3.63, 3.8) is 0 Å². The van der Waals surface area contributed by atoms with Gasteiger partial charge in [-0.25, -0.2) is 9.78 Å². The first-order valence-corrected chi connectivity index (χ1v) is 9.92. The first kappa shape index (κ1) is 18.7. The molecule has 3 N–H and O–H groups in total. The Morgan fingerprint density at radius 3 is 2.96 bits per heavy atom. The maximum atomic E-state index is 12.9. The van der Waals surface area contributed by atoms with Gasteiger partial charge in [-0.05, 0) is 25.0 Å². The number of amides is 3. The van der Waals surface area contributed by atoms with Crippen LogP contribution in [0, 0.1) is 5.13 Å². The van der Waals surface area contributed by atoms with Crippen LogP contribution in [0.5, 0.6) is 0 Å². The normalized spacial score (nSPS) is 16.4. The lowest BCUT2D eigenvalue weighted by Crippen LogP contribution is -2.35. The van der Waals surface area contributed by atoms with Crippen LogP contribution in [0.4, 0.5) is 14.3 Å². The Labute approximate surface area is 158 Å². The summed E-state index contributed by atoms with van der Waals surface area (Å²) in [5, 5.41) is 10.2. The number of hydrogen-bond acceptors (Lipinski definition) is 6. The average molecular weight is 398 g/mol. The van der Waals surface area contributed by atoms with Crippen molar-refractivity contribution in [3.05, 3.63) is 33.2 Å². The molecule has 1 saturated heterocycles. The number of thiophene rings is 1. The van der Waals surface area contributed by atoms with Crippen LogP contribution in [0.15, 0.2) is 17.5 Å². The molecule has 0 aromatic carbocycles. The molecule has 1 fully saturated rings. The van der Waals surface area contributed by atoms with E-state index in [2.05, 4.69) is 20.9 Å². The van der Waals surface area contributed by atoms with Gasteiger partial charge in [-0.1, -0.05) is 0 Å². The number of urea groups is 1. The molecule has 0 spiro atoms. The van der Waals surface area contributed by atoms with Crippen LogP contribution < -0.4 is 16.0 Å². The minimum absolute atomic E-state index is 0.0829. The van der Waals surface area contributed by atoms with E-state index in [4.69, 9.17) is 4.74 Å². The summed E-state index contributed by atoms with van der Waals surface area (Å²) in [6.45, 7) is 1.37. The topological polar surface area (TPSA) is 92.4 Å². The van der Waals surface area contributed by atoms with Crippen molar-refractivity contribution in [3.8, 4) is 0 Å². The Morgan fingerprint density at radius 1 is 1.35 bits per heavy atom. The van der Waals surface area contributed by atoms with E-state index in [9.17, 15) is 14.0 Å². The monoisotopic (exact) mass is 398 g/mol. The lowest BCUT2D eigenvalue weighted by molar-refractivity contribution is -0.129. The second kappa shape index (κ2) is 9.06. The van der Waals surface area contributed by atoms with Gasteiger partial charge in [-0.2, -0.15) is 4.39 Å². The van der Waals surface area contributed by atoms with Gasteiger partial charge < -0.3 is 15.4 Å². The Hall–Kier alpha value is -2.04. The van der Waals surface area contributed by atoms with E-state index in [0.29, 0.717) is 24.7 Å². The van der Waals surface area contributed by atoms with E-state index in [1.54, 1.807) is 6.07 Å². The summed E-state index contributed by atoms with van der Waals surface area (Å²) in [6.07, 6.45) is 1.93. The lowest BCUT2D eigenvalue weighted by atomic mass is 10.2. The Kier molecular flexibility index (Phi) is 6.53. The van der Waals surface area contributed by atoms with Crippen LogP contribution in [0.2, 0.25) is 0 Å². The van der Waals surface area contributed by atoms with Gasteiger partial charge >= 0.3 is 6.03 Å². The largest absolute Gasteiger partial charge is 0.368 e. The predicted molar refractivity (Wildman–Crippen MR) is 97.9 cm³/mol. The number of nitrogens with zero attached hydrogens (tertiary/aromatic N) is 1. The molecule has 2 aromatic heterocycles. The van der Waals surface area contributed by atoms with Crippen molar-refractivity contribution in [2.45, 2.75) is 31.9 Å². The summed E-state index contributed by atoms with van der Waals surface area (Å²) < 4.78 is 18.2. The van der Waals surface area contributed by atoms with Gasteiger partial charge in [-0.15, -0.1) is 22.7 Å². The molecule has 3 heterocycles. The van der Waals surface area contributed by atoms with Crippen molar-refractivity contribution in [2.24, 2.45) is 0 Å². The van der Waals surface area contributed by atoms with Crippen LogP contribution in [0.1, 0.15) is 23.4 Å². The number of rotatable bonds is 7. The number of carbonyl (C=O) groups is 2. The number of ether oxygens (including phenoxy) is 1. The van der Waals surface area contributed by atoms with Gasteiger partial charge in [0.25, 0.3) is 0 Å². The number of aromatic nitrogens is 1. The van der Waals surface area contributed by atoms with E-state index >= 15 is 0 Å². The number of halogens is 1. The average Bonchev–Trinajstić information content (AvgIpc) is 3.35. The van der Waals surface area contributed by atoms with Gasteiger partial charge in [0, 0.05) is 29.8 Å². The van der Waals surface area contributed by atoms with Crippen molar-refractivity contribution in [1.82, 2.24) is 15.6 Å². The maximum Gasteiger partial charge on any atom is 0.321 e. The summed E-state index contributed by atoms with van der Waals surface area (Å²) >= 11 is 2.30. The fraction of sp³-hybridized carbons (Fsp3) is 0.438. The summed E-state index contributed by atoms with van der Waals surface area (Å²) in [5.41, 5.74) is 0.790. The molecule has 1 aliphatic rings. The quantitative estimate of drug-likeness (QED) is 0.668. The highest BCUT2D eigenvalue weighted by Crippen LogP contribution is 2.17. The highest BCUT2D eigenvalue weighted by atomic mass is 32.1. The molecule has 10 heteroatoms. The molecule has 1 aliphatic heterocycles. The molecule has 140 valence electrons. The Bertz CT molecular complexity index is 758. The molecule has 0 radical (unpaired) electrons. The number of hydrogen-bond donors (Lipinski definition) is 3. The van der Waals surface area contributed by atoms with E-state index < -0.39 is 6.03 Å². The SMILES string of the molecule is O=C(NCc1ccc(F)s1)Nc1nc(CCNC(=O)C2CCCO2)cs1. The fourth-order valence-corrected chi connectivity index (χ4v) is 3.85. The van der Waals surface area contributed by atoms with Crippen molar-refractivity contribution in [1.29, 1.82) is 0 Å². The molecule has 3 rings (SSSR count). The summed E-state index contributed by atoms with van der Waals surface area (Å²) in [4.78, 5) is 28.7. The van der Waals surface area contributed by atoms with Crippen LogP contribution in [-0.2, 0) is 22.5 Å². The number of carbonyl (C=O) groups excluding carboxylic acids is 2. The molecule has 0 aliphatic carbocycles. The standard InChI is InChI=1S/C16H19FN4O3S2/c17-13-4-3-11(26-13)8-19-15(23)21-16-20-10(9-25-16)5-6-18-14(22)12-2-1-7-24-12/h3-4,9,12H,1-2,5-8H2,(H,18,22)(H2,19,20,21,23). The third-order valence-electron chi connectivity index (χ3n) is 3.73. The molecule has 7 nitrogen and oxygen atoms in total. The van der Waals surface area contributed by atoms with E-state index in [1.165, 1.54) is 17.4 Å². The van der Waals surface area contributed by atoms with Crippen molar-refractivity contribution >= 4 is 39.7 Å². The molecule has 3 amide bonds. The minimum atomic E-state index is -0.397. The molecule has 0 bridgehead atoms. The molecular weight excluding hydrogens is 379 g/mol. The molecular formula is C16H19FN4O3S2. The van der Waals surface area contributed by atoms with Crippen LogP contribution in [0.25, 0.3) is 0 Å². The molecule has 2 aromatic rings. The van der Waals surface area contributed by atoms with Gasteiger partial charge in [0.15, 0.2) is 10.3 Å². The summed E-state index contributed by atoms with van der Waals surface area (Å²) in [6, 6.07) is 2.60. The summed E-state index contributed by atoms with van der Waals surface area (Å²) in [5.74, 6) is -0.0829. The third kappa shape index (κ3) is 5.48. The molecule has 0 saturated carbocycles. The van der Waals surface area contributed by atoms with Crippen molar-refractivity contribution in [2.75, 3.05) is 18.5 Å². The molecule has 1 atom stereocenters. The minimum Gasteiger partial charge on any atom is -0.368 e. The van der Waals surface area contributed by atoms with Crippen LogP contribution in [0.3, 0.4) is 0 Å². The molecule has 1 unspecified atom stereocenters. The van der Waals surface area contributed by atoms with Crippen LogP contribution >= 0.6 is 22.7 Å². The Balaban J connectivity index is 1.37. The Morgan fingerprint density at radius 2 is 2.23 bits per heavy atom. The second-order valence-corrected chi connectivity index (χ2v) is 7.68. The van der Waals surface area contributed by atoms with Gasteiger partial charge in [0.1, 0.15) is 6.10 Å². The third-order valence-corrected chi connectivity index (χ3v) is 5.41. The van der Waals surface area contributed by atoms with Gasteiger partial charge in [-0.3, -0.25) is 10.1 Å². The van der Waals surface area contributed by atoms with Crippen molar-refractivity contribution < 1.29 is 18.7 Å². The maximum absolute atomic E-state index is 12.9. The first-order valence-electron chi connectivity index (χ1n) is 8.23.